The third kappa shape index (κ3) is 2.96. The highest BCUT2D eigenvalue weighted by atomic mass is 16.4. The number of rotatable bonds is 3. The SMILES string of the molecule is Cc1cc(CN2CCCC(C)(C(=O)O)C2)cc(C)c1O. The molecule has 1 aromatic carbocycles. The third-order valence-corrected chi connectivity index (χ3v) is 4.25. The molecule has 1 fully saturated rings. The van der Waals surface area contributed by atoms with Crippen LogP contribution in [0.1, 0.15) is 36.5 Å². The van der Waals surface area contributed by atoms with Gasteiger partial charge in [0, 0.05) is 13.1 Å². The molecule has 0 amide bonds. The monoisotopic (exact) mass is 277 g/mol. The summed E-state index contributed by atoms with van der Waals surface area (Å²) in [5.41, 5.74) is 2.24. The molecule has 2 rings (SSSR count). The fraction of sp³-hybridized carbons (Fsp3) is 0.562. The highest BCUT2D eigenvalue weighted by Gasteiger charge is 2.37. The molecule has 20 heavy (non-hydrogen) atoms. The number of phenols is 1. The van der Waals surface area contributed by atoms with E-state index in [9.17, 15) is 15.0 Å². The summed E-state index contributed by atoms with van der Waals surface area (Å²) in [6.45, 7) is 7.87. The summed E-state index contributed by atoms with van der Waals surface area (Å²) in [5.74, 6) is -0.358. The van der Waals surface area contributed by atoms with Crippen LogP contribution in [0.4, 0.5) is 0 Å². The second-order valence-electron chi connectivity index (χ2n) is 6.26. The van der Waals surface area contributed by atoms with Gasteiger partial charge in [-0.1, -0.05) is 12.1 Å². The van der Waals surface area contributed by atoms with Gasteiger partial charge in [0.05, 0.1) is 5.41 Å². The van der Waals surface area contributed by atoms with E-state index in [1.807, 2.05) is 32.9 Å². The van der Waals surface area contributed by atoms with Crippen molar-refractivity contribution in [1.82, 2.24) is 4.90 Å². The molecular weight excluding hydrogens is 254 g/mol. The second-order valence-corrected chi connectivity index (χ2v) is 6.26. The molecule has 1 unspecified atom stereocenters. The van der Waals surface area contributed by atoms with E-state index in [1.165, 1.54) is 0 Å². The van der Waals surface area contributed by atoms with Gasteiger partial charge < -0.3 is 10.2 Å². The minimum Gasteiger partial charge on any atom is -0.507 e. The Morgan fingerprint density at radius 3 is 2.50 bits per heavy atom. The number of carboxylic acids is 1. The van der Waals surface area contributed by atoms with Gasteiger partial charge in [-0.3, -0.25) is 9.69 Å². The Morgan fingerprint density at radius 2 is 1.95 bits per heavy atom. The van der Waals surface area contributed by atoms with E-state index < -0.39 is 11.4 Å². The normalized spacial score (nSPS) is 23.8. The zero-order valence-electron chi connectivity index (χ0n) is 12.4. The molecule has 1 aliphatic rings. The number of likely N-dealkylation sites (tertiary alicyclic amines) is 1. The molecule has 0 radical (unpaired) electrons. The predicted molar refractivity (Wildman–Crippen MR) is 77.8 cm³/mol. The Morgan fingerprint density at radius 1 is 1.35 bits per heavy atom. The van der Waals surface area contributed by atoms with Crippen molar-refractivity contribution in [3.63, 3.8) is 0 Å². The number of benzene rings is 1. The lowest BCUT2D eigenvalue weighted by molar-refractivity contribution is -0.151. The van der Waals surface area contributed by atoms with Crippen molar-refractivity contribution in [2.75, 3.05) is 13.1 Å². The van der Waals surface area contributed by atoms with Crippen molar-refractivity contribution in [3.8, 4) is 5.75 Å². The van der Waals surface area contributed by atoms with E-state index in [0.29, 0.717) is 12.3 Å². The summed E-state index contributed by atoms with van der Waals surface area (Å²) in [5, 5.41) is 19.1. The van der Waals surface area contributed by atoms with E-state index in [2.05, 4.69) is 4.90 Å². The lowest BCUT2D eigenvalue weighted by Gasteiger charge is -2.37. The highest BCUT2D eigenvalue weighted by Crippen LogP contribution is 2.31. The highest BCUT2D eigenvalue weighted by molar-refractivity contribution is 5.74. The number of carbonyl (C=O) groups is 1. The van der Waals surface area contributed by atoms with Crippen LogP contribution in [0.3, 0.4) is 0 Å². The van der Waals surface area contributed by atoms with Crippen LogP contribution in [-0.4, -0.2) is 34.2 Å². The number of hydrogen-bond donors (Lipinski definition) is 2. The molecule has 1 saturated heterocycles. The van der Waals surface area contributed by atoms with Crippen molar-refractivity contribution < 1.29 is 15.0 Å². The molecular formula is C16H23NO3. The van der Waals surface area contributed by atoms with Crippen LogP contribution < -0.4 is 0 Å². The molecule has 2 N–H and O–H groups in total. The number of aryl methyl sites for hydroxylation is 2. The third-order valence-electron chi connectivity index (χ3n) is 4.25. The average molecular weight is 277 g/mol. The minimum atomic E-state index is -0.708. The van der Waals surface area contributed by atoms with E-state index >= 15 is 0 Å². The van der Waals surface area contributed by atoms with Crippen LogP contribution in [0.5, 0.6) is 5.75 Å². The topological polar surface area (TPSA) is 60.8 Å². The predicted octanol–water partition coefficient (Wildman–Crippen LogP) is 2.70. The summed E-state index contributed by atoms with van der Waals surface area (Å²) < 4.78 is 0. The van der Waals surface area contributed by atoms with Gasteiger partial charge >= 0.3 is 5.97 Å². The number of aliphatic carboxylic acids is 1. The smallest absolute Gasteiger partial charge is 0.310 e. The fourth-order valence-corrected chi connectivity index (χ4v) is 3.05. The Balaban J connectivity index is 2.12. The number of aromatic hydroxyl groups is 1. The van der Waals surface area contributed by atoms with Gasteiger partial charge in [0.2, 0.25) is 0 Å². The lowest BCUT2D eigenvalue weighted by Crippen LogP contribution is -2.45. The first-order valence-electron chi connectivity index (χ1n) is 7.07. The summed E-state index contributed by atoms with van der Waals surface area (Å²) in [7, 11) is 0. The first-order chi connectivity index (χ1) is 9.32. The molecule has 1 atom stereocenters. The van der Waals surface area contributed by atoms with Crippen molar-refractivity contribution in [2.24, 2.45) is 5.41 Å². The Labute approximate surface area is 120 Å². The zero-order valence-corrected chi connectivity index (χ0v) is 12.4. The standard InChI is InChI=1S/C16H23NO3/c1-11-7-13(8-12(2)14(11)18)9-17-6-4-5-16(3,10-17)15(19)20/h7-8,18H,4-6,9-10H2,1-3H3,(H,19,20). The van der Waals surface area contributed by atoms with Crippen molar-refractivity contribution >= 4 is 5.97 Å². The molecule has 4 heteroatoms. The maximum Gasteiger partial charge on any atom is 0.310 e. The van der Waals surface area contributed by atoms with Crippen LogP contribution >= 0.6 is 0 Å². The molecule has 0 spiro atoms. The van der Waals surface area contributed by atoms with Crippen LogP contribution in [0.25, 0.3) is 0 Å². The summed E-state index contributed by atoms with van der Waals surface area (Å²) in [4.78, 5) is 13.6. The lowest BCUT2D eigenvalue weighted by atomic mass is 9.82. The van der Waals surface area contributed by atoms with Gasteiger partial charge in [-0.2, -0.15) is 0 Å². The maximum atomic E-state index is 11.4. The number of nitrogens with zero attached hydrogens (tertiary/aromatic N) is 1. The maximum absolute atomic E-state index is 11.4. The average Bonchev–Trinajstić information content (AvgIpc) is 2.36. The second kappa shape index (κ2) is 5.44. The van der Waals surface area contributed by atoms with E-state index in [-0.39, 0.29) is 0 Å². The first kappa shape index (κ1) is 14.9. The van der Waals surface area contributed by atoms with Gasteiger partial charge in [-0.05, 0) is 56.8 Å². The van der Waals surface area contributed by atoms with E-state index in [4.69, 9.17) is 0 Å². The van der Waals surface area contributed by atoms with Gasteiger partial charge in [0.1, 0.15) is 5.75 Å². The molecule has 110 valence electrons. The molecule has 1 heterocycles. The van der Waals surface area contributed by atoms with Crippen molar-refractivity contribution in [1.29, 1.82) is 0 Å². The zero-order chi connectivity index (χ0) is 14.9. The van der Waals surface area contributed by atoms with Gasteiger partial charge in [-0.15, -0.1) is 0 Å². The van der Waals surface area contributed by atoms with Crippen LogP contribution in [0.15, 0.2) is 12.1 Å². The molecule has 1 aliphatic heterocycles. The van der Waals surface area contributed by atoms with Crippen molar-refractivity contribution in [2.45, 2.75) is 40.2 Å². The van der Waals surface area contributed by atoms with E-state index in [0.717, 1.165) is 42.6 Å². The molecule has 1 aromatic rings. The Hall–Kier alpha value is -1.55. The number of hydrogen-bond acceptors (Lipinski definition) is 3. The number of carboxylic acid groups (broad SMARTS) is 1. The molecule has 4 nitrogen and oxygen atoms in total. The van der Waals surface area contributed by atoms with Crippen LogP contribution in [0.2, 0.25) is 0 Å². The molecule has 0 aromatic heterocycles. The number of phenolic OH excluding ortho intramolecular Hbond substituents is 1. The summed E-state index contributed by atoms with van der Waals surface area (Å²) in [6.07, 6.45) is 1.66. The summed E-state index contributed by atoms with van der Waals surface area (Å²) >= 11 is 0. The number of piperidine rings is 1. The van der Waals surface area contributed by atoms with Crippen LogP contribution in [0, 0.1) is 19.3 Å². The molecule has 0 bridgehead atoms. The Bertz CT molecular complexity index is 503. The first-order valence-corrected chi connectivity index (χ1v) is 7.07. The fourth-order valence-electron chi connectivity index (χ4n) is 3.05. The Kier molecular flexibility index (Phi) is 4.04. The van der Waals surface area contributed by atoms with Gasteiger partial charge in [0.15, 0.2) is 0 Å². The molecule has 0 aliphatic carbocycles. The largest absolute Gasteiger partial charge is 0.507 e. The quantitative estimate of drug-likeness (QED) is 0.891. The van der Waals surface area contributed by atoms with Gasteiger partial charge in [0.25, 0.3) is 0 Å². The van der Waals surface area contributed by atoms with E-state index in [1.54, 1.807) is 0 Å². The van der Waals surface area contributed by atoms with Crippen LogP contribution in [-0.2, 0) is 11.3 Å². The van der Waals surface area contributed by atoms with Gasteiger partial charge in [-0.25, -0.2) is 0 Å². The minimum absolute atomic E-state index is 0.350. The molecule has 0 saturated carbocycles. The van der Waals surface area contributed by atoms with Crippen molar-refractivity contribution in [3.05, 3.63) is 28.8 Å². The summed E-state index contributed by atoms with van der Waals surface area (Å²) in [6, 6.07) is 3.96.